The number of piperazine rings is 1. The second-order valence-corrected chi connectivity index (χ2v) is 7.63. The Morgan fingerprint density at radius 2 is 1.82 bits per heavy atom. The third kappa shape index (κ3) is 5.59. The maximum atomic E-state index is 12.2. The molecule has 0 saturated carbocycles. The molecule has 1 aromatic rings. The van der Waals surface area contributed by atoms with Crippen molar-refractivity contribution >= 4 is 5.91 Å². The Morgan fingerprint density at radius 1 is 1.14 bits per heavy atom. The second-order valence-electron chi connectivity index (χ2n) is 7.63. The molecular formula is C21H33N3O4. The fraction of sp³-hybridized carbons (Fsp3) is 0.667. The summed E-state index contributed by atoms with van der Waals surface area (Å²) in [7, 11) is 3.33. The van der Waals surface area contributed by atoms with Crippen LogP contribution in [0.3, 0.4) is 0 Å². The largest absolute Gasteiger partial charge is 0.493 e. The second kappa shape index (κ2) is 10.1. The molecule has 2 heterocycles. The number of carbonyl (C=O) groups excluding carboxylic acids is 1. The van der Waals surface area contributed by atoms with E-state index in [1.54, 1.807) is 14.2 Å². The fourth-order valence-corrected chi connectivity index (χ4v) is 3.83. The lowest BCUT2D eigenvalue weighted by atomic mass is 10.1. The first-order valence-corrected chi connectivity index (χ1v) is 10.1. The van der Waals surface area contributed by atoms with Crippen LogP contribution in [0.5, 0.6) is 11.5 Å². The minimum atomic E-state index is 0.0969. The summed E-state index contributed by atoms with van der Waals surface area (Å²) in [6.07, 6.45) is 2.35. The van der Waals surface area contributed by atoms with Gasteiger partial charge in [-0.25, -0.2) is 0 Å². The number of nitrogens with zero attached hydrogens (tertiary/aromatic N) is 2. The van der Waals surface area contributed by atoms with Crippen LogP contribution in [-0.2, 0) is 16.1 Å². The summed E-state index contributed by atoms with van der Waals surface area (Å²) in [6.45, 7) is 8.62. The number of carbonyl (C=O) groups is 1. The van der Waals surface area contributed by atoms with E-state index in [2.05, 4.69) is 28.1 Å². The number of rotatable bonds is 8. The molecule has 0 bridgehead atoms. The first-order chi connectivity index (χ1) is 13.6. The molecule has 1 aromatic carbocycles. The number of benzene rings is 1. The van der Waals surface area contributed by atoms with Gasteiger partial charge in [0.1, 0.15) is 0 Å². The van der Waals surface area contributed by atoms with E-state index < -0.39 is 0 Å². The summed E-state index contributed by atoms with van der Waals surface area (Å²) in [4.78, 5) is 16.8. The summed E-state index contributed by atoms with van der Waals surface area (Å²) >= 11 is 0. The summed E-state index contributed by atoms with van der Waals surface area (Å²) in [6, 6.07) is 4.10. The quantitative estimate of drug-likeness (QED) is 0.723. The van der Waals surface area contributed by atoms with Crippen LogP contribution in [0.1, 0.15) is 24.0 Å². The standard InChI is InChI=1S/C21H33N3O4/c1-16-11-19(26-2)20(27-3)12-17(16)14-23-6-8-24(9-7-23)15-21(25)22-13-18-5-4-10-28-18/h11-12,18H,4-10,13-15H2,1-3H3,(H,22,25)/t18-/m1/s1. The van der Waals surface area contributed by atoms with Gasteiger partial charge in [-0.05, 0) is 43.0 Å². The number of hydrogen-bond acceptors (Lipinski definition) is 6. The molecule has 2 saturated heterocycles. The number of aryl methyl sites for hydroxylation is 1. The molecule has 0 aliphatic carbocycles. The van der Waals surface area contributed by atoms with Gasteiger partial charge < -0.3 is 19.5 Å². The van der Waals surface area contributed by atoms with Gasteiger partial charge in [-0.1, -0.05) is 0 Å². The third-order valence-corrected chi connectivity index (χ3v) is 5.62. The number of amides is 1. The van der Waals surface area contributed by atoms with Gasteiger partial charge in [0.05, 0.1) is 26.9 Å². The maximum Gasteiger partial charge on any atom is 0.234 e. The van der Waals surface area contributed by atoms with Crippen molar-refractivity contribution in [2.24, 2.45) is 0 Å². The lowest BCUT2D eigenvalue weighted by Gasteiger charge is -2.34. The molecule has 2 aliphatic heterocycles. The Balaban J connectivity index is 1.43. The lowest BCUT2D eigenvalue weighted by molar-refractivity contribution is -0.123. The molecule has 1 amide bonds. The van der Waals surface area contributed by atoms with Gasteiger partial charge in [-0.2, -0.15) is 0 Å². The molecule has 7 heteroatoms. The van der Waals surface area contributed by atoms with Crippen LogP contribution in [0.25, 0.3) is 0 Å². The van der Waals surface area contributed by atoms with Crippen LogP contribution in [0.4, 0.5) is 0 Å². The Labute approximate surface area is 167 Å². The molecule has 3 rings (SSSR count). The normalized spacial score (nSPS) is 20.9. The number of hydrogen-bond donors (Lipinski definition) is 1. The summed E-state index contributed by atoms with van der Waals surface area (Å²) < 4.78 is 16.4. The highest BCUT2D eigenvalue weighted by molar-refractivity contribution is 5.78. The molecule has 0 radical (unpaired) electrons. The van der Waals surface area contributed by atoms with Gasteiger partial charge in [-0.15, -0.1) is 0 Å². The smallest absolute Gasteiger partial charge is 0.234 e. The number of nitrogens with one attached hydrogen (secondary N) is 1. The SMILES string of the molecule is COc1cc(C)c(CN2CCN(CC(=O)NC[C@H]3CCCO3)CC2)cc1OC. The summed E-state index contributed by atoms with van der Waals surface area (Å²) in [5, 5.41) is 3.01. The van der Waals surface area contributed by atoms with Crippen molar-refractivity contribution in [1.82, 2.24) is 15.1 Å². The third-order valence-electron chi connectivity index (χ3n) is 5.62. The van der Waals surface area contributed by atoms with Crippen LogP contribution in [0, 0.1) is 6.92 Å². The zero-order valence-electron chi connectivity index (χ0n) is 17.3. The van der Waals surface area contributed by atoms with E-state index in [0.717, 1.165) is 63.7 Å². The van der Waals surface area contributed by atoms with Crippen LogP contribution >= 0.6 is 0 Å². The molecule has 1 N–H and O–H groups in total. The summed E-state index contributed by atoms with van der Waals surface area (Å²) in [5.41, 5.74) is 2.45. The maximum absolute atomic E-state index is 12.2. The van der Waals surface area contributed by atoms with Crippen molar-refractivity contribution in [3.8, 4) is 11.5 Å². The van der Waals surface area contributed by atoms with Crippen molar-refractivity contribution in [3.63, 3.8) is 0 Å². The zero-order valence-corrected chi connectivity index (χ0v) is 17.3. The van der Waals surface area contributed by atoms with Crippen LogP contribution < -0.4 is 14.8 Å². The first kappa shape index (κ1) is 20.9. The van der Waals surface area contributed by atoms with Crippen LogP contribution in [0.2, 0.25) is 0 Å². The van der Waals surface area contributed by atoms with Gasteiger partial charge in [-0.3, -0.25) is 14.6 Å². The van der Waals surface area contributed by atoms with Crippen molar-refractivity contribution < 1.29 is 19.0 Å². The monoisotopic (exact) mass is 391 g/mol. The molecule has 7 nitrogen and oxygen atoms in total. The molecule has 156 valence electrons. The number of methoxy groups -OCH3 is 2. The molecule has 2 aliphatic rings. The van der Waals surface area contributed by atoms with E-state index in [-0.39, 0.29) is 12.0 Å². The molecule has 1 atom stereocenters. The Morgan fingerprint density at radius 3 is 2.46 bits per heavy atom. The van der Waals surface area contributed by atoms with Gasteiger partial charge in [0.2, 0.25) is 5.91 Å². The van der Waals surface area contributed by atoms with E-state index in [1.807, 2.05) is 6.07 Å². The van der Waals surface area contributed by atoms with E-state index in [0.29, 0.717) is 13.1 Å². The highest BCUT2D eigenvalue weighted by atomic mass is 16.5. The Hall–Kier alpha value is -1.83. The topological polar surface area (TPSA) is 63.3 Å². The van der Waals surface area contributed by atoms with Crippen molar-refractivity contribution in [2.75, 3.05) is 60.1 Å². The molecular weight excluding hydrogens is 358 g/mol. The Kier molecular flexibility index (Phi) is 7.53. The minimum absolute atomic E-state index is 0.0969. The zero-order chi connectivity index (χ0) is 19.9. The lowest BCUT2D eigenvalue weighted by Crippen LogP contribution is -2.49. The fourth-order valence-electron chi connectivity index (χ4n) is 3.83. The predicted octanol–water partition coefficient (Wildman–Crippen LogP) is 1.43. The first-order valence-electron chi connectivity index (χ1n) is 10.1. The molecule has 0 spiro atoms. The van der Waals surface area contributed by atoms with Crippen molar-refractivity contribution in [1.29, 1.82) is 0 Å². The molecule has 0 unspecified atom stereocenters. The molecule has 2 fully saturated rings. The van der Waals surface area contributed by atoms with Crippen molar-refractivity contribution in [2.45, 2.75) is 32.4 Å². The Bertz CT molecular complexity index is 653. The summed E-state index contributed by atoms with van der Waals surface area (Å²) in [5.74, 6) is 1.63. The van der Waals surface area contributed by atoms with Gasteiger partial charge >= 0.3 is 0 Å². The van der Waals surface area contributed by atoms with Crippen LogP contribution in [-0.4, -0.2) is 81.9 Å². The average Bonchev–Trinajstić information content (AvgIpc) is 3.22. The highest BCUT2D eigenvalue weighted by Gasteiger charge is 2.21. The van der Waals surface area contributed by atoms with Gasteiger partial charge in [0.15, 0.2) is 11.5 Å². The predicted molar refractivity (Wildman–Crippen MR) is 108 cm³/mol. The van der Waals surface area contributed by atoms with E-state index >= 15 is 0 Å². The minimum Gasteiger partial charge on any atom is -0.493 e. The molecule has 0 aromatic heterocycles. The van der Waals surface area contributed by atoms with Crippen LogP contribution in [0.15, 0.2) is 12.1 Å². The highest BCUT2D eigenvalue weighted by Crippen LogP contribution is 2.30. The number of ether oxygens (including phenoxy) is 3. The van der Waals surface area contributed by atoms with Gasteiger partial charge in [0, 0.05) is 45.9 Å². The van der Waals surface area contributed by atoms with E-state index in [4.69, 9.17) is 14.2 Å². The van der Waals surface area contributed by atoms with E-state index in [1.165, 1.54) is 11.1 Å². The van der Waals surface area contributed by atoms with Crippen molar-refractivity contribution in [3.05, 3.63) is 23.3 Å². The average molecular weight is 392 g/mol. The molecule has 28 heavy (non-hydrogen) atoms. The van der Waals surface area contributed by atoms with E-state index in [9.17, 15) is 4.79 Å². The van der Waals surface area contributed by atoms with Gasteiger partial charge in [0.25, 0.3) is 0 Å².